The van der Waals surface area contributed by atoms with Gasteiger partial charge in [0, 0.05) is 49.4 Å². The number of halogens is 1. The molecule has 6 nitrogen and oxygen atoms in total. The van der Waals surface area contributed by atoms with E-state index in [1.165, 1.54) is 23.1 Å². The Morgan fingerprint density at radius 2 is 1.69 bits per heavy atom. The van der Waals surface area contributed by atoms with Crippen molar-refractivity contribution in [3.8, 4) is 0 Å². The number of para-hydroxylation sites is 1. The van der Waals surface area contributed by atoms with E-state index in [-0.39, 0.29) is 17.8 Å². The third kappa shape index (κ3) is 8.34. The third-order valence-electron chi connectivity index (χ3n) is 6.48. The van der Waals surface area contributed by atoms with Crippen molar-refractivity contribution in [2.24, 2.45) is 0 Å². The molecule has 1 aliphatic heterocycles. The number of hydrogen-bond acceptors (Lipinski definition) is 5. The Morgan fingerprint density at radius 1 is 1.00 bits per heavy atom. The Morgan fingerprint density at radius 3 is 2.33 bits per heavy atom. The first-order valence-corrected chi connectivity index (χ1v) is 13.4. The summed E-state index contributed by atoms with van der Waals surface area (Å²) in [5, 5.41) is 1.22. The lowest BCUT2D eigenvalue weighted by molar-refractivity contribution is 0.0475. The van der Waals surface area contributed by atoms with Crippen LogP contribution < -0.4 is 5.48 Å². The van der Waals surface area contributed by atoms with Crippen molar-refractivity contribution in [3.05, 3.63) is 108 Å². The highest BCUT2D eigenvalue weighted by Gasteiger charge is 2.28. The van der Waals surface area contributed by atoms with Gasteiger partial charge in [0.2, 0.25) is 0 Å². The van der Waals surface area contributed by atoms with Crippen LogP contribution in [0.5, 0.6) is 0 Å². The van der Waals surface area contributed by atoms with E-state index in [9.17, 15) is 9.18 Å². The lowest BCUT2D eigenvalue weighted by Gasteiger charge is -2.40. The van der Waals surface area contributed by atoms with Crippen LogP contribution >= 0.6 is 0 Å². The molecule has 3 aromatic carbocycles. The quantitative estimate of drug-likeness (QED) is 0.291. The van der Waals surface area contributed by atoms with Gasteiger partial charge in [0.25, 0.3) is 5.91 Å². The van der Waals surface area contributed by atoms with Gasteiger partial charge in [-0.25, -0.2) is 4.39 Å². The van der Waals surface area contributed by atoms with Crippen LogP contribution in [0.2, 0.25) is 0 Å². The molecule has 4 aromatic rings. The summed E-state index contributed by atoms with van der Waals surface area (Å²) in [6.45, 7) is 11.2. The zero-order valence-electron chi connectivity index (χ0n) is 23.5. The normalized spacial score (nSPS) is 15.0. The van der Waals surface area contributed by atoms with Crippen molar-refractivity contribution < 1.29 is 14.0 Å². The number of amides is 1. The molecular weight excluding hydrogens is 491 g/mol. The molecule has 206 valence electrons. The maximum Gasteiger partial charge on any atom is 0.254 e. The number of anilines is 1. The van der Waals surface area contributed by atoms with E-state index in [1.54, 1.807) is 19.2 Å². The fourth-order valence-corrected chi connectivity index (χ4v) is 4.55. The molecule has 2 heterocycles. The summed E-state index contributed by atoms with van der Waals surface area (Å²) in [7, 11) is 1.55. The van der Waals surface area contributed by atoms with Gasteiger partial charge in [0.15, 0.2) is 0 Å². The van der Waals surface area contributed by atoms with Gasteiger partial charge in [0.1, 0.15) is 5.82 Å². The summed E-state index contributed by atoms with van der Waals surface area (Å²) < 4.78 is 13.0. The Balaban J connectivity index is 0.000000267. The monoisotopic (exact) mass is 530 g/mol. The zero-order chi connectivity index (χ0) is 28.2. The Hall–Kier alpha value is -3.81. The molecule has 39 heavy (non-hydrogen) atoms. The lowest BCUT2D eigenvalue weighted by Crippen LogP contribution is -2.53. The molecule has 1 saturated heterocycles. The highest BCUT2D eigenvalue weighted by Crippen LogP contribution is 2.18. The number of carbonyl (C=O) groups is 1. The lowest BCUT2D eigenvalue weighted by atomic mass is 10.1. The molecule has 0 saturated carbocycles. The molecule has 0 aliphatic carbocycles. The van der Waals surface area contributed by atoms with E-state index >= 15 is 0 Å². The van der Waals surface area contributed by atoms with Crippen LogP contribution in [0.25, 0.3) is 10.9 Å². The number of hydrogen-bond donors (Lipinski definition) is 1. The highest BCUT2D eigenvalue weighted by atomic mass is 19.1. The Kier molecular flexibility index (Phi) is 11.4. The molecule has 1 unspecified atom stereocenters. The Labute approximate surface area is 231 Å². The minimum atomic E-state index is -0.218. The third-order valence-corrected chi connectivity index (χ3v) is 6.48. The van der Waals surface area contributed by atoms with Gasteiger partial charge >= 0.3 is 0 Å². The maximum atomic E-state index is 13.0. The van der Waals surface area contributed by atoms with E-state index in [0.717, 1.165) is 36.4 Å². The van der Waals surface area contributed by atoms with Crippen molar-refractivity contribution >= 4 is 22.5 Å². The highest BCUT2D eigenvalue weighted by molar-refractivity contribution is 5.94. The van der Waals surface area contributed by atoms with Crippen molar-refractivity contribution in [2.45, 2.75) is 40.3 Å². The van der Waals surface area contributed by atoms with Gasteiger partial charge in [-0.15, -0.1) is 0 Å². The first kappa shape index (κ1) is 29.7. The average Bonchev–Trinajstić information content (AvgIpc) is 2.96. The minimum absolute atomic E-state index is 0.0444. The molecule has 1 aromatic heterocycles. The predicted molar refractivity (Wildman–Crippen MR) is 157 cm³/mol. The van der Waals surface area contributed by atoms with Gasteiger partial charge in [-0.3, -0.25) is 25.0 Å². The van der Waals surface area contributed by atoms with Crippen LogP contribution in [0.15, 0.2) is 85.1 Å². The number of piperazine rings is 1. The maximum absolute atomic E-state index is 13.0. The van der Waals surface area contributed by atoms with E-state index in [1.807, 2.05) is 55.3 Å². The van der Waals surface area contributed by atoms with Crippen molar-refractivity contribution in [1.82, 2.24) is 14.8 Å². The van der Waals surface area contributed by atoms with E-state index < -0.39 is 0 Å². The van der Waals surface area contributed by atoms with Gasteiger partial charge in [-0.05, 0) is 67.4 Å². The minimum Gasteiger partial charge on any atom is -0.333 e. The number of benzene rings is 3. The van der Waals surface area contributed by atoms with Crippen LogP contribution in [0.3, 0.4) is 0 Å². The fourth-order valence-electron chi connectivity index (χ4n) is 4.55. The number of nitrogens with one attached hydrogen (secondary N) is 1. The predicted octanol–water partition coefficient (Wildman–Crippen LogP) is 6.71. The summed E-state index contributed by atoms with van der Waals surface area (Å²) in [5.41, 5.74) is 7.65. The van der Waals surface area contributed by atoms with E-state index in [2.05, 4.69) is 53.5 Å². The number of fused-ring (bicyclic) bond motifs is 1. The number of aromatic nitrogens is 1. The fraction of sp³-hybridized carbons (Fsp3) is 0.312. The standard InChI is InChI=1S/C20H24FN3O2.C10H9N.C2H6/c1-15-13-23(14-16-3-7-18(21)8-4-16)11-12-24(15)20(25)17-5-9-19(10-6-17)22-26-2;1-8-4-2-5-9-6-3-7-11-10(8)9;1-2/h3-10,15,22H,11-14H2,1-2H3;2-7H,1H3;1-2H3. The number of rotatable bonds is 5. The average molecular weight is 531 g/mol. The van der Waals surface area contributed by atoms with Crippen LogP contribution in [0.1, 0.15) is 42.3 Å². The van der Waals surface area contributed by atoms with Crippen LogP contribution in [0, 0.1) is 12.7 Å². The molecular formula is C32H39FN4O2. The zero-order valence-corrected chi connectivity index (χ0v) is 23.5. The van der Waals surface area contributed by atoms with Crippen LogP contribution in [0.4, 0.5) is 10.1 Å². The molecule has 7 heteroatoms. The van der Waals surface area contributed by atoms with Gasteiger partial charge in [0.05, 0.1) is 18.3 Å². The second-order valence-electron chi connectivity index (χ2n) is 9.24. The second-order valence-corrected chi connectivity index (χ2v) is 9.24. The number of aryl methyl sites for hydroxylation is 1. The molecule has 0 bridgehead atoms. The molecule has 0 spiro atoms. The Bertz CT molecular complexity index is 1310. The van der Waals surface area contributed by atoms with Gasteiger partial charge < -0.3 is 4.90 Å². The van der Waals surface area contributed by atoms with Crippen LogP contribution in [-0.2, 0) is 11.4 Å². The molecule has 5 rings (SSSR count). The van der Waals surface area contributed by atoms with E-state index in [4.69, 9.17) is 4.84 Å². The first-order valence-electron chi connectivity index (χ1n) is 13.4. The van der Waals surface area contributed by atoms with Crippen molar-refractivity contribution in [3.63, 3.8) is 0 Å². The van der Waals surface area contributed by atoms with E-state index in [0.29, 0.717) is 12.1 Å². The first-order chi connectivity index (χ1) is 18.9. The summed E-state index contributed by atoms with van der Waals surface area (Å²) in [6.07, 6.45) is 1.83. The second kappa shape index (κ2) is 15.0. The van der Waals surface area contributed by atoms with Crippen molar-refractivity contribution in [1.29, 1.82) is 0 Å². The number of carbonyl (C=O) groups excluding carboxylic acids is 1. The van der Waals surface area contributed by atoms with Gasteiger partial charge in [-0.2, -0.15) is 0 Å². The summed E-state index contributed by atoms with van der Waals surface area (Å²) in [4.78, 5) is 26.1. The molecule has 0 radical (unpaired) electrons. The van der Waals surface area contributed by atoms with Gasteiger partial charge in [-0.1, -0.05) is 50.2 Å². The largest absolute Gasteiger partial charge is 0.333 e. The molecule has 1 atom stereocenters. The van der Waals surface area contributed by atoms with Crippen molar-refractivity contribution in [2.75, 3.05) is 32.2 Å². The smallest absolute Gasteiger partial charge is 0.254 e. The van der Waals surface area contributed by atoms with Crippen LogP contribution in [-0.4, -0.2) is 53.5 Å². The molecule has 1 fully saturated rings. The molecule has 1 aliphatic rings. The topological polar surface area (TPSA) is 57.7 Å². The summed E-state index contributed by atoms with van der Waals surface area (Å²) >= 11 is 0. The number of nitrogens with zero attached hydrogens (tertiary/aromatic N) is 3. The molecule has 1 amide bonds. The molecule has 1 N–H and O–H groups in total. The summed E-state index contributed by atoms with van der Waals surface area (Å²) in [6, 6.07) is 24.2. The SMILES string of the molecule is CC.CONc1ccc(C(=O)N2CCN(Cc3ccc(F)cc3)CC2C)cc1.Cc1cccc2cccnc12. The number of pyridine rings is 1. The summed E-state index contributed by atoms with van der Waals surface area (Å²) in [5.74, 6) is -0.174.